The Kier molecular flexibility index (Phi) is 3.57. The number of amidine groups is 1. The molecule has 8 nitrogen and oxygen atoms in total. The molecule has 1 aliphatic heterocycles. The number of carbonyl (C=O) groups is 2. The summed E-state index contributed by atoms with van der Waals surface area (Å²) in [7, 11) is 0. The summed E-state index contributed by atoms with van der Waals surface area (Å²) in [6.07, 6.45) is 0. The average molecular weight is 314 g/mol. The predicted molar refractivity (Wildman–Crippen MR) is 80.6 cm³/mol. The Bertz CT molecular complexity index is 834. The van der Waals surface area contributed by atoms with E-state index >= 15 is 0 Å². The molecule has 0 saturated carbocycles. The topological polar surface area (TPSA) is 120 Å². The minimum absolute atomic E-state index is 0.121. The van der Waals surface area contributed by atoms with Gasteiger partial charge in [-0.3, -0.25) is 4.79 Å². The lowest BCUT2D eigenvalue weighted by molar-refractivity contribution is 0.0515. The Balaban J connectivity index is 2.06. The Morgan fingerprint density at radius 3 is 2.96 bits per heavy atom. The van der Waals surface area contributed by atoms with Crippen LogP contribution in [0.1, 0.15) is 39.1 Å². The Labute approximate surface area is 131 Å². The van der Waals surface area contributed by atoms with Crippen LogP contribution in [0.25, 0.3) is 11.1 Å². The van der Waals surface area contributed by atoms with E-state index in [4.69, 9.17) is 10.3 Å². The fourth-order valence-corrected chi connectivity index (χ4v) is 2.38. The van der Waals surface area contributed by atoms with Gasteiger partial charge in [0.15, 0.2) is 5.76 Å². The molecule has 3 rings (SSSR count). The summed E-state index contributed by atoms with van der Waals surface area (Å²) in [5, 5.41) is 10.0. The number of carbonyl (C=O) groups excluding carboxylic acids is 2. The number of rotatable bonds is 2. The molecule has 0 fully saturated rings. The highest BCUT2D eigenvalue weighted by Crippen LogP contribution is 2.33. The lowest BCUT2D eigenvalue weighted by Gasteiger charge is -2.07. The zero-order chi connectivity index (χ0) is 16.6. The lowest BCUT2D eigenvalue weighted by atomic mass is 9.97. The van der Waals surface area contributed by atoms with Gasteiger partial charge in [-0.25, -0.2) is 4.79 Å². The molecule has 1 amide bonds. The number of hydrogen-bond donors (Lipinski definition) is 2. The number of oxime groups is 1. The zero-order valence-electron chi connectivity index (χ0n) is 12.5. The van der Waals surface area contributed by atoms with Crippen molar-refractivity contribution in [3.05, 3.63) is 40.8 Å². The van der Waals surface area contributed by atoms with Gasteiger partial charge in [0, 0.05) is 5.56 Å². The minimum Gasteiger partial charge on any atom is -0.385 e. The number of fused-ring (bicyclic) bond motifs is 3. The molecule has 0 saturated heterocycles. The van der Waals surface area contributed by atoms with Gasteiger partial charge in [-0.15, -0.1) is 0 Å². The van der Waals surface area contributed by atoms with Crippen LogP contribution >= 0.6 is 0 Å². The van der Waals surface area contributed by atoms with E-state index < -0.39 is 5.97 Å². The van der Waals surface area contributed by atoms with Gasteiger partial charge in [0.25, 0.3) is 5.91 Å². The standard InChI is InChI=1S/C15H14N4O4/c1-7-13-10-4-3-9(15(21)23-19-8(2)16)5-11(10)14(20)17-6-12(13)22-18-7/h3-5H,6H2,1-2H3,(H2,16,19)(H,17,20). The summed E-state index contributed by atoms with van der Waals surface area (Å²) >= 11 is 0. The maximum absolute atomic E-state index is 12.3. The Morgan fingerprint density at radius 1 is 1.43 bits per heavy atom. The highest BCUT2D eigenvalue weighted by molar-refractivity contribution is 6.04. The van der Waals surface area contributed by atoms with Crippen LogP contribution in [0, 0.1) is 6.92 Å². The molecule has 2 aromatic rings. The van der Waals surface area contributed by atoms with Crippen LogP contribution in [-0.4, -0.2) is 22.9 Å². The summed E-state index contributed by atoms with van der Waals surface area (Å²) < 4.78 is 5.23. The molecule has 1 aromatic carbocycles. The molecule has 23 heavy (non-hydrogen) atoms. The Morgan fingerprint density at radius 2 is 2.22 bits per heavy atom. The van der Waals surface area contributed by atoms with Gasteiger partial charge >= 0.3 is 5.97 Å². The van der Waals surface area contributed by atoms with E-state index in [1.165, 1.54) is 13.0 Å². The van der Waals surface area contributed by atoms with Gasteiger partial charge in [0.05, 0.1) is 23.4 Å². The van der Waals surface area contributed by atoms with Crippen LogP contribution in [0.4, 0.5) is 0 Å². The Hall–Kier alpha value is -3.16. The van der Waals surface area contributed by atoms with Crippen molar-refractivity contribution in [3.63, 3.8) is 0 Å². The number of aryl methyl sites for hydroxylation is 1. The summed E-state index contributed by atoms with van der Waals surface area (Å²) in [6, 6.07) is 4.67. The van der Waals surface area contributed by atoms with Crippen LogP contribution in [-0.2, 0) is 11.4 Å². The smallest absolute Gasteiger partial charge is 0.365 e. The van der Waals surface area contributed by atoms with E-state index in [1.807, 2.05) is 0 Å². The molecule has 1 aromatic heterocycles. The largest absolute Gasteiger partial charge is 0.385 e. The number of nitrogens with zero attached hydrogens (tertiary/aromatic N) is 2. The second kappa shape index (κ2) is 5.56. The maximum atomic E-state index is 12.3. The van der Waals surface area contributed by atoms with Crippen molar-refractivity contribution < 1.29 is 18.9 Å². The molecule has 0 bridgehead atoms. The highest BCUT2D eigenvalue weighted by Gasteiger charge is 2.26. The van der Waals surface area contributed by atoms with E-state index in [-0.39, 0.29) is 23.9 Å². The lowest BCUT2D eigenvalue weighted by Crippen LogP contribution is -2.21. The van der Waals surface area contributed by atoms with Crippen molar-refractivity contribution in [2.45, 2.75) is 20.4 Å². The first-order chi connectivity index (χ1) is 11.0. The normalized spacial score (nSPS) is 13.7. The molecule has 0 spiro atoms. The first-order valence-electron chi connectivity index (χ1n) is 6.86. The zero-order valence-corrected chi connectivity index (χ0v) is 12.5. The molecule has 118 valence electrons. The second-order valence-electron chi connectivity index (χ2n) is 5.12. The molecule has 3 N–H and O–H groups in total. The number of benzene rings is 1. The van der Waals surface area contributed by atoms with Gasteiger partial charge < -0.3 is 20.4 Å². The highest BCUT2D eigenvalue weighted by atomic mass is 16.7. The number of nitrogens with two attached hydrogens (primary N) is 1. The van der Waals surface area contributed by atoms with Crippen molar-refractivity contribution in [1.29, 1.82) is 0 Å². The fourth-order valence-electron chi connectivity index (χ4n) is 2.38. The first kappa shape index (κ1) is 14.8. The number of hydrogen-bond acceptors (Lipinski definition) is 6. The molecule has 0 radical (unpaired) electrons. The quantitative estimate of drug-likeness (QED) is 0.373. The van der Waals surface area contributed by atoms with Gasteiger partial charge in [-0.1, -0.05) is 16.4 Å². The molecule has 1 aliphatic rings. The van der Waals surface area contributed by atoms with Crippen LogP contribution in [0.5, 0.6) is 0 Å². The van der Waals surface area contributed by atoms with Crippen molar-refractivity contribution in [3.8, 4) is 11.1 Å². The molecular weight excluding hydrogens is 300 g/mol. The van der Waals surface area contributed by atoms with Crippen molar-refractivity contribution in [2.24, 2.45) is 10.9 Å². The monoisotopic (exact) mass is 314 g/mol. The molecule has 0 atom stereocenters. The van der Waals surface area contributed by atoms with E-state index in [0.717, 1.165) is 5.56 Å². The predicted octanol–water partition coefficient (Wildman–Crippen LogP) is 1.34. The van der Waals surface area contributed by atoms with E-state index in [2.05, 4.69) is 20.5 Å². The van der Waals surface area contributed by atoms with Gasteiger partial charge in [-0.05, 0) is 31.5 Å². The van der Waals surface area contributed by atoms with Gasteiger partial charge in [-0.2, -0.15) is 0 Å². The maximum Gasteiger partial charge on any atom is 0.365 e. The van der Waals surface area contributed by atoms with Crippen LogP contribution < -0.4 is 11.1 Å². The summed E-state index contributed by atoms with van der Waals surface area (Å²) in [6.45, 7) is 3.52. The van der Waals surface area contributed by atoms with Crippen molar-refractivity contribution in [1.82, 2.24) is 10.5 Å². The summed E-state index contributed by atoms with van der Waals surface area (Å²) in [5.74, 6) is -0.306. The summed E-state index contributed by atoms with van der Waals surface area (Å²) in [4.78, 5) is 28.9. The second-order valence-corrected chi connectivity index (χ2v) is 5.12. The van der Waals surface area contributed by atoms with Crippen molar-refractivity contribution >= 4 is 17.7 Å². The molecule has 2 heterocycles. The molecular formula is C15H14N4O4. The van der Waals surface area contributed by atoms with E-state index in [0.29, 0.717) is 22.6 Å². The molecule has 0 unspecified atom stereocenters. The van der Waals surface area contributed by atoms with E-state index in [9.17, 15) is 9.59 Å². The average Bonchev–Trinajstić information content (AvgIpc) is 2.83. The van der Waals surface area contributed by atoms with E-state index in [1.54, 1.807) is 19.1 Å². The van der Waals surface area contributed by atoms with Gasteiger partial charge in [0.1, 0.15) is 5.84 Å². The van der Waals surface area contributed by atoms with Crippen LogP contribution in [0.3, 0.4) is 0 Å². The summed E-state index contributed by atoms with van der Waals surface area (Å²) in [5.41, 5.74) is 7.95. The minimum atomic E-state index is -0.697. The fraction of sp³-hybridized carbons (Fsp3) is 0.200. The number of aromatic nitrogens is 1. The number of amides is 1. The first-order valence-corrected chi connectivity index (χ1v) is 6.86. The van der Waals surface area contributed by atoms with Gasteiger partial charge in [0.2, 0.25) is 0 Å². The van der Waals surface area contributed by atoms with Crippen LogP contribution in [0.2, 0.25) is 0 Å². The third-order valence-electron chi connectivity index (χ3n) is 3.38. The molecule has 8 heteroatoms. The molecule has 0 aliphatic carbocycles. The van der Waals surface area contributed by atoms with Crippen molar-refractivity contribution in [2.75, 3.05) is 0 Å². The van der Waals surface area contributed by atoms with Crippen LogP contribution in [0.15, 0.2) is 27.9 Å². The number of nitrogens with one attached hydrogen (secondary N) is 1. The SMILES string of the molecule is CC(N)=NOC(=O)c1ccc2c(c1)C(=O)NCc1onc(C)c1-2. The third-order valence-corrected chi connectivity index (χ3v) is 3.38. The third kappa shape index (κ3) is 2.66.